The molecule has 0 fully saturated rings. The molecule has 0 radical (unpaired) electrons. The van der Waals surface area contributed by atoms with Crippen LogP contribution in [0.4, 0.5) is 0 Å². The number of hydrogen-bond donors (Lipinski definition) is 1. The molecule has 0 saturated heterocycles. The van der Waals surface area contributed by atoms with Crippen LogP contribution < -0.4 is 5.32 Å². The number of amides is 1. The molecule has 1 aliphatic heterocycles. The molecule has 1 heterocycles. The molecule has 2 atom stereocenters. The molecule has 0 saturated carbocycles. The van der Waals surface area contributed by atoms with Crippen LogP contribution in [0.2, 0.25) is 0 Å². The molecule has 0 aromatic heterocycles. The van der Waals surface area contributed by atoms with Gasteiger partial charge in [0.1, 0.15) is 22.8 Å². The van der Waals surface area contributed by atoms with Gasteiger partial charge in [0.2, 0.25) is 17.3 Å². The Morgan fingerprint density at radius 3 is 2.07 bits per heavy atom. The van der Waals surface area contributed by atoms with E-state index < -0.39 is 57.8 Å². The van der Waals surface area contributed by atoms with Crippen LogP contribution in [0.15, 0.2) is 102 Å². The van der Waals surface area contributed by atoms with E-state index in [1.54, 1.807) is 42.5 Å². The lowest BCUT2D eigenvalue weighted by Crippen LogP contribution is -2.43. The number of rotatable bonds is 6. The van der Waals surface area contributed by atoms with Gasteiger partial charge >= 0.3 is 5.97 Å². The first-order valence-electron chi connectivity index (χ1n) is 12.5. The van der Waals surface area contributed by atoms with Crippen LogP contribution in [0.3, 0.4) is 0 Å². The van der Waals surface area contributed by atoms with Gasteiger partial charge in [0.05, 0.1) is 5.56 Å². The van der Waals surface area contributed by atoms with Crippen molar-refractivity contribution >= 4 is 57.4 Å². The zero-order valence-corrected chi connectivity index (χ0v) is 21.8. The minimum Gasteiger partial charge on any atom is -0.453 e. The van der Waals surface area contributed by atoms with E-state index in [1.165, 1.54) is 36.4 Å². The van der Waals surface area contributed by atoms with Crippen molar-refractivity contribution in [1.82, 2.24) is 5.32 Å². The highest BCUT2D eigenvalue weighted by molar-refractivity contribution is 6.51. The van der Waals surface area contributed by atoms with E-state index in [9.17, 15) is 28.8 Å². The number of hydrogen-bond acceptors (Lipinski definition) is 7. The molecule has 1 amide bonds. The molecule has 6 rings (SSSR count). The van der Waals surface area contributed by atoms with E-state index in [0.29, 0.717) is 0 Å². The molecular formula is C32H18ClNO7. The van der Waals surface area contributed by atoms with Crippen LogP contribution in [-0.2, 0) is 14.3 Å². The predicted molar refractivity (Wildman–Crippen MR) is 147 cm³/mol. The fraction of sp³-hybridized carbons (Fsp3) is 0.0625. The van der Waals surface area contributed by atoms with Crippen LogP contribution in [-0.4, -0.2) is 35.0 Å². The maximum Gasteiger partial charge on any atom is 0.339 e. The lowest BCUT2D eigenvalue weighted by atomic mass is 9.84. The molecule has 0 bridgehead atoms. The number of carbonyl (C=O) groups is 6. The van der Waals surface area contributed by atoms with Crippen molar-refractivity contribution in [2.75, 3.05) is 0 Å². The third-order valence-corrected chi connectivity index (χ3v) is 7.51. The molecule has 1 aliphatic carbocycles. The third-order valence-electron chi connectivity index (χ3n) is 7.15. The van der Waals surface area contributed by atoms with Gasteiger partial charge in [-0.25, -0.2) is 4.79 Å². The summed E-state index contributed by atoms with van der Waals surface area (Å²) in [5.74, 6) is -7.39. The van der Waals surface area contributed by atoms with E-state index in [-0.39, 0.29) is 27.8 Å². The largest absolute Gasteiger partial charge is 0.453 e. The van der Waals surface area contributed by atoms with Gasteiger partial charge in [0.25, 0.3) is 5.91 Å². The number of Topliss-reactive ketones (excluding diaryl/α,β-unsaturated/α-hetero) is 4. The van der Waals surface area contributed by atoms with Gasteiger partial charge in [-0.15, -0.1) is 0 Å². The van der Waals surface area contributed by atoms with Crippen molar-refractivity contribution in [3.8, 4) is 0 Å². The summed E-state index contributed by atoms with van der Waals surface area (Å²) >= 11 is 6.16. The quantitative estimate of drug-likeness (QED) is 0.155. The second kappa shape index (κ2) is 10.1. The van der Waals surface area contributed by atoms with Crippen LogP contribution in [0.1, 0.15) is 53.1 Å². The summed E-state index contributed by atoms with van der Waals surface area (Å²) in [4.78, 5) is 79.5. The van der Waals surface area contributed by atoms with Crippen molar-refractivity contribution < 1.29 is 33.5 Å². The standard InChI is InChI=1S/C32H18ClNO7/c33-24-25(28(37)20-10-4-3-9-19(20)27(24)36)34-31(39)29(38)23(30-21-11-5-6-12-22(21)32(40)41-30)26(35)18-14-13-16-7-1-2-8-17(16)15-18/h1-15,23,30H,(H,34,39)/t23-,30+/m1/s1. The maximum absolute atomic E-state index is 13.9. The summed E-state index contributed by atoms with van der Waals surface area (Å²) in [6, 6.07) is 24.2. The van der Waals surface area contributed by atoms with Crippen LogP contribution in [0.5, 0.6) is 0 Å². The second-order valence-corrected chi connectivity index (χ2v) is 9.91. The lowest BCUT2D eigenvalue weighted by Gasteiger charge is -2.22. The summed E-state index contributed by atoms with van der Waals surface area (Å²) in [6.07, 6.45) is -1.40. The minimum absolute atomic E-state index is 0.00656. The Bertz CT molecular complexity index is 1890. The predicted octanol–water partition coefficient (Wildman–Crippen LogP) is 4.77. The Kier molecular flexibility index (Phi) is 6.40. The molecule has 4 aromatic carbocycles. The normalized spacial score (nSPS) is 16.6. The van der Waals surface area contributed by atoms with E-state index in [1.807, 2.05) is 12.1 Å². The maximum atomic E-state index is 13.9. The van der Waals surface area contributed by atoms with Crippen molar-refractivity contribution in [3.05, 3.63) is 130 Å². The minimum atomic E-state index is -1.79. The van der Waals surface area contributed by atoms with Gasteiger partial charge in [-0.05, 0) is 22.9 Å². The van der Waals surface area contributed by atoms with Gasteiger partial charge in [0.15, 0.2) is 5.78 Å². The Morgan fingerprint density at radius 1 is 0.732 bits per heavy atom. The highest BCUT2D eigenvalue weighted by atomic mass is 35.5. The smallest absolute Gasteiger partial charge is 0.339 e. The first kappa shape index (κ1) is 26.0. The number of allylic oxidation sites excluding steroid dienone is 2. The van der Waals surface area contributed by atoms with Crippen LogP contribution in [0.25, 0.3) is 10.8 Å². The van der Waals surface area contributed by atoms with Crippen molar-refractivity contribution in [1.29, 1.82) is 0 Å². The number of halogens is 1. The number of benzene rings is 4. The molecule has 200 valence electrons. The highest BCUT2D eigenvalue weighted by Gasteiger charge is 2.47. The van der Waals surface area contributed by atoms with Gasteiger partial charge in [-0.3, -0.25) is 24.0 Å². The van der Waals surface area contributed by atoms with Gasteiger partial charge in [-0.2, -0.15) is 0 Å². The lowest BCUT2D eigenvalue weighted by molar-refractivity contribution is -0.140. The SMILES string of the molecule is O=C(NC1=C(Cl)C(=O)c2ccccc2C1=O)C(=O)[C@@H](C(=O)c1ccc2ccccc2c1)[C@H]1OC(=O)c2ccccc21. The average Bonchev–Trinajstić information content (AvgIpc) is 3.33. The zero-order valence-electron chi connectivity index (χ0n) is 21.1. The summed E-state index contributed by atoms with van der Waals surface area (Å²) in [5.41, 5.74) is 0.0443. The highest BCUT2D eigenvalue weighted by Crippen LogP contribution is 2.38. The third kappa shape index (κ3) is 4.34. The Hall–Kier alpha value is -5.21. The molecular weight excluding hydrogens is 546 g/mol. The summed E-state index contributed by atoms with van der Waals surface area (Å²) in [5, 5.41) is 3.17. The monoisotopic (exact) mass is 563 g/mol. The number of carbonyl (C=O) groups excluding carboxylic acids is 6. The number of ketones is 4. The Morgan fingerprint density at radius 2 is 1.34 bits per heavy atom. The number of cyclic esters (lactones) is 1. The zero-order chi connectivity index (χ0) is 28.8. The molecule has 0 unspecified atom stereocenters. The Balaban J connectivity index is 1.39. The molecule has 2 aliphatic rings. The number of fused-ring (bicyclic) bond motifs is 3. The van der Waals surface area contributed by atoms with Gasteiger partial charge in [-0.1, -0.05) is 90.5 Å². The number of ether oxygens (including phenoxy) is 1. The molecule has 4 aromatic rings. The summed E-state index contributed by atoms with van der Waals surface area (Å²) in [6.45, 7) is 0. The molecule has 9 heteroatoms. The molecule has 8 nitrogen and oxygen atoms in total. The first-order valence-corrected chi connectivity index (χ1v) is 12.9. The number of nitrogens with one attached hydrogen (secondary N) is 1. The fourth-order valence-corrected chi connectivity index (χ4v) is 5.35. The second-order valence-electron chi connectivity index (χ2n) is 9.53. The topological polar surface area (TPSA) is 124 Å². The van der Waals surface area contributed by atoms with Crippen LogP contribution >= 0.6 is 11.6 Å². The van der Waals surface area contributed by atoms with E-state index >= 15 is 0 Å². The fourth-order valence-electron chi connectivity index (χ4n) is 5.11. The van der Waals surface area contributed by atoms with Crippen molar-refractivity contribution in [2.24, 2.45) is 5.92 Å². The van der Waals surface area contributed by atoms with E-state index in [2.05, 4.69) is 5.32 Å². The molecule has 0 spiro atoms. The first-order chi connectivity index (χ1) is 19.8. The van der Waals surface area contributed by atoms with Crippen LogP contribution in [0, 0.1) is 5.92 Å². The van der Waals surface area contributed by atoms with Crippen molar-refractivity contribution in [3.63, 3.8) is 0 Å². The summed E-state index contributed by atoms with van der Waals surface area (Å²) < 4.78 is 5.47. The van der Waals surface area contributed by atoms with E-state index in [4.69, 9.17) is 16.3 Å². The van der Waals surface area contributed by atoms with Crippen molar-refractivity contribution in [2.45, 2.75) is 6.10 Å². The molecule has 1 N–H and O–H groups in total. The van der Waals surface area contributed by atoms with Gasteiger partial charge < -0.3 is 10.1 Å². The molecule has 41 heavy (non-hydrogen) atoms. The van der Waals surface area contributed by atoms with E-state index in [0.717, 1.165) is 10.8 Å². The van der Waals surface area contributed by atoms with Gasteiger partial charge in [0, 0.05) is 22.3 Å². The summed E-state index contributed by atoms with van der Waals surface area (Å²) in [7, 11) is 0. The average molecular weight is 564 g/mol. The Labute approximate surface area is 237 Å². The number of esters is 1.